The lowest BCUT2D eigenvalue weighted by Gasteiger charge is -2.13. The van der Waals surface area contributed by atoms with E-state index in [1.54, 1.807) is 12.1 Å². The number of nitriles is 1. The first kappa shape index (κ1) is 10.6. The summed E-state index contributed by atoms with van der Waals surface area (Å²) in [6.07, 6.45) is -2.34. The highest BCUT2D eigenvalue weighted by molar-refractivity contribution is 5.81. The van der Waals surface area contributed by atoms with Crippen LogP contribution in [0.15, 0.2) is 24.3 Å². The lowest BCUT2D eigenvalue weighted by atomic mass is 10.1. The van der Waals surface area contributed by atoms with E-state index in [-0.39, 0.29) is 6.42 Å². The lowest BCUT2D eigenvalue weighted by molar-refractivity contribution is 0.0198. The number of aromatic nitrogens is 2. The van der Waals surface area contributed by atoms with Gasteiger partial charge in [-0.15, -0.1) is 0 Å². The molecule has 0 fully saturated rings. The monoisotopic (exact) mass is 217 g/mol. The van der Waals surface area contributed by atoms with Gasteiger partial charge in [0.25, 0.3) is 0 Å². The van der Waals surface area contributed by atoms with Gasteiger partial charge in [0.15, 0.2) is 0 Å². The Kier molecular flexibility index (Phi) is 2.86. The minimum absolute atomic E-state index is 0.117. The number of para-hydroxylation sites is 1. The van der Waals surface area contributed by atoms with Gasteiger partial charge in [0.05, 0.1) is 29.8 Å². The van der Waals surface area contributed by atoms with Crippen LogP contribution in [0.5, 0.6) is 0 Å². The minimum Gasteiger partial charge on any atom is -0.389 e. The summed E-state index contributed by atoms with van der Waals surface area (Å²) in [5.41, 5.74) is 1.17. The summed E-state index contributed by atoms with van der Waals surface area (Å²) in [5, 5.41) is 35.3. The third kappa shape index (κ3) is 1.76. The zero-order valence-corrected chi connectivity index (χ0v) is 8.46. The standard InChI is InChI=1S/C11H11N3O2/c12-6-5-9(15)11(16)10-7-3-1-2-4-8(7)13-14-10/h1-4,9,11,15-16H,5H2,(H,13,14). The van der Waals surface area contributed by atoms with Crippen molar-refractivity contribution in [3.63, 3.8) is 0 Å². The second-order valence-corrected chi connectivity index (χ2v) is 3.53. The molecule has 5 heteroatoms. The van der Waals surface area contributed by atoms with Gasteiger partial charge in [-0.2, -0.15) is 10.4 Å². The van der Waals surface area contributed by atoms with Crippen LogP contribution >= 0.6 is 0 Å². The number of rotatable bonds is 3. The maximum Gasteiger partial charge on any atom is 0.123 e. The number of hydrogen-bond acceptors (Lipinski definition) is 4. The molecule has 0 saturated heterocycles. The largest absolute Gasteiger partial charge is 0.389 e. The van der Waals surface area contributed by atoms with Crippen molar-refractivity contribution in [2.75, 3.05) is 0 Å². The highest BCUT2D eigenvalue weighted by Gasteiger charge is 2.21. The molecule has 0 spiro atoms. The smallest absolute Gasteiger partial charge is 0.123 e. The first-order chi connectivity index (χ1) is 7.74. The number of hydrogen-bond donors (Lipinski definition) is 3. The van der Waals surface area contributed by atoms with E-state index in [9.17, 15) is 10.2 Å². The molecule has 0 aliphatic rings. The Morgan fingerprint density at radius 3 is 2.88 bits per heavy atom. The van der Waals surface area contributed by atoms with E-state index >= 15 is 0 Å². The topological polar surface area (TPSA) is 92.9 Å². The fraction of sp³-hybridized carbons (Fsp3) is 0.273. The molecule has 82 valence electrons. The van der Waals surface area contributed by atoms with Crippen molar-refractivity contribution in [2.45, 2.75) is 18.6 Å². The van der Waals surface area contributed by atoms with Crippen molar-refractivity contribution >= 4 is 10.9 Å². The van der Waals surface area contributed by atoms with Crippen molar-refractivity contribution < 1.29 is 10.2 Å². The molecule has 0 saturated carbocycles. The summed E-state index contributed by atoms with van der Waals surface area (Å²) in [6.45, 7) is 0. The summed E-state index contributed by atoms with van der Waals surface area (Å²) in [6, 6.07) is 9.08. The van der Waals surface area contributed by atoms with Crippen molar-refractivity contribution in [2.24, 2.45) is 0 Å². The van der Waals surface area contributed by atoms with Crippen LogP contribution in [0.4, 0.5) is 0 Å². The predicted octanol–water partition coefficient (Wildman–Crippen LogP) is 0.871. The van der Waals surface area contributed by atoms with E-state index in [1.165, 1.54) is 0 Å². The van der Waals surface area contributed by atoms with Crippen LogP contribution in [0.1, 0.15) is 18.2 Å². The van der Waals surface area contributed by atoms with E-state index in [2.05, 4.69) is 10.2 Å². The maximum atomic E-state index is 9.83. The van der Waals surface area contributed by atoms with Gasteiger partial charge < -0.3 is 10.2 Å². The molecule has 2 aromatic rings. The van der Waals surface area contributed by atoms with Crippen LogP contribution in [0, 0.1) is 11.3 Å². The first-order valence-electron chi connectivity index (χ1n) is 4.90. The summed E-state index contributed by atoms with van der Waals surface area (Å²) in [4.78, 5) is 0. The minimum atomic E-state index is -1.12. The molecule has 0 bridgehead atoms. The van der Waals surface area contributed by atoms with Crippen molar-refractivity contribution in [1.82, 2.24) is 10.2 Å². The summed E-state index contributed by atoms with van der Waals surface area (Å²) < 4.78 is 0. The third-order valence-corrected chi connectivity index (χ3v) is 2.45. The van der Waals surface area contributed by atoms with Crippen molar-refractivity contribution in [3.05, 3.63) is 30.0 Å². The molecule has 2 unspecified atom stereocenters. The molecule has 3 N–H and O–H groups in total. The van der Waals surface area contributed by atoms with Gasteiger partial charge in [-0.05, 0) is 6.07 Å². The molecule has 16 heavy (non-hydrogen) atoms. The summed E-state index contributed by atoms with van der Waals surface area (Å²) in [5.74, 6) is 0. The molecule has 5 nitrogen and oxygen atoms in total. The molecule has 1 aromatic heterocycles. The van der Waals surface area contributed by atoms with Crippen LogP contribution < -0.4 is 0 Å². The van der Waals surface area contributed by atoms with Crippen LogP contribution in [-0.2, 0) is 0 Å². The normalized spacial score (nSPS) is 14.6. The Bertz CT molecular complexity index is 529. The Balaban J connectivity index is 2.37. The average molecular weight is 217 g/mol. The molecule has 1 heterocycles. The fourth-order valence-electron chi connectivity index (χ4n) is 1.60. The molecule has 0 radical (unpaired) electrons. The van der Waals surface area contributed by atoms with Gasteiger partial charge in [-0.25, -0.2) is 0 Å². The molecule has 0 amide bonds. The average Bonchev–Trinajstić information content (AvgIpc) is 2.72. The lowest BCUT2D eigenvalue weighted by Crippen LogP contribution is -2.18. The van der Waals surface area contributed by atoms with Gasteiger partial charge in [-0.1, -0.05) is 18.2 Å². The molecule has 0 aliphatic carbocycles. The second-order valence-electron chi connectivity index (χ2n) is 3.53. The molecular formula is C11H11N3O2. The second kappa shape index (κ2) is 4.31. The van der Waals surface area contributed by atoms with Gasteiger partial charge >= 0.3 is 0 Å². The van der Waals surface area contributed by atoms with E-state index < -0.39 is 12.2 Å². The molecule has 2 rings (SSSR count). The van der Waals surface area contributed by atoms with Crippen LogP contribution in [0.3, 0.4) is 0 Å². The van der Waals surface area contributed by atoms with Gasteiger partial charge in [0, 0.05) is 5.39 Å². The van der Waals surface area contributed by atoms with E-state index in [0.29, 0.717) is 5.69 Å². The summed E-state index contributed by atoms with van der Waals surface area (Å²) >= 11 is 0. The van der Waals surface area contributed by atoms with Crippen LogP contribution in [0.25, 0.3) is 10.9 Å². The molecule has 0 aliphatic heterocycles. The summed E-state index contributed by atoms with van der Waals surface area (Å²) in [7, 11) is 0. The maximum absolute atomic E-state index is 9.83. The number of aromatic amines is 1. The molecule has 2 atom stereocenters. The zero-order chi connectivity index (χ0) is 11.5. The molecular weight excluding hydrogens is 206 g/mol. The van der Waals surface area contributed by atoms with E-state index in [1.807, 2.05) is 18.2 Å². The Morgan fingerprint density at radius 1 is 1.38 bits per heavy atom. The quantitative estimate of drug-likeness (QED) is 0.711. The van der Waals surface area contributed by atoms with E-state index in [4.69, 9.17) is 5.26 Å². The van der Waals surface area contributed by atoms with Crippen molar-refractivity contribution in [3.8, 4) is 6.07 Å². The number of aliphatic hydroxyl groups is 2. The number of aliphatic hydroxyl groups excluding tert-OH is 2. The first-order valence-corrected chi connectivity index (χ1v) is 4.90. The van der Waals surface area contributed by atoms with Crippen LogP contribution in [-0.4, -0.2) is 26.5 Å². The third-order valence-electron chi connectivity index (χ3n) is 2.45. The van der Waals surface area contributed by atoms with Gasteiger partial charge in [0.1, 0.15) is 6.10 Å². The van der Waals surface area contributed by atoms with E-state index in [0.717, 1.165) is 10.9 Å². The number of benzene rings is 1. The Hall–Kier alpha value is -1.90. The number of fused-ring (bicyclic) bond motifs is 1. The zero-order valence-electron chi connectivity index (χ0n) is 8.46. The highest BCUT2D eigenvalue weighted by atomic mass is 16.3. The van der Waals surface area contributed by atoms with Gasteiger partial charge in [0.2, 0.25) is 0 Å². The van der Waals surface area contributed by atoms with Gasteiger partial charge in [-0.3, -0.25) is 5.10 Å². The fourth-order valence-corrected chi connectivity index (χ4v) is 1.60. The number of nitrogens with one attached hydrogen (secondary N) is 1. The molecule has 1 aromatic carbocycles. The Morgan fingerprint density at radius 2 is 2.12 bits per heavy atom. The SMILES string of the molecule is N#CCC(O)C(O)c1[nH]nc2ccccc12. The number of H-pyrrole nitrogens is 1. The Labute approximate surface area is 92.0 Å². The number of nitrogens with zero attached hydrogens (tertiary/aromatic N) is 2. The van der Waals surface area contributed by atoms with Crippen molar-refractivity contribution in [1.29, 1.82) is 5.26 Å². The van der Waals surface area contributed by atoms with Crippen LogP contribution in [0.2, 0.25) is 0 Å². The predicted molar refractivity (Wildman–Crippen MR) is 57.3 cm³/mol. The highest BCUT2D eigenvalue weighted by Crippen LogP contribution is 2.24.